The van der Waals surface area contributed by atoms with E-state index in [-0.39, 0.29) is 30.5 Å². The van der Waals surface area contributed by atoms with Gasteiger partial charge < -0.3 is 14.2 Å². The van der Waals surface area contributed by atoms with Crippen LogP contribution >= 0.6 is 0 Å². The van der Waals surface area contributed by atoms with Crippen molar-refractivity contribution in [2.45, 2.75) is 25.7 Å². The lowest BCUT2D eigenvalue weighted by atomic mass is 10.1. The summed E-state index contributed by atoms with van der Waals surface area (Å²) >= 11 is 0. The van der Waals surface area contributed by atoms with Gasteiger partial charge in [0.25, 0.3) is 5.91 Å². The highest BCUT2D eigenvalue weighted by Crippen LogP contribution is 2.22. The maximum absolute atomic E-state index is 13.0. The van der Waals surface area contributed by atoms with Crippen molar-refractivity contribution in [3.05, 3.63) is 59.5 Å². The molecule has 4 rings (SSSR count). The Hall–Kier alpha value is -3.24. The zero-order valence-electron chi connectivity index (χ0n) is 18.8. The van der Waals surface area contributed by atoms with Crippen LogP contribution < -0.4 is 4.74 Å². The fraction of sp³-hybridized carbons (Fsp3) is 0.348. The summed E-state index contributed by atoms with van der Waals surface area (Å²) in [6.45, 7) is 6.58. The molecule has 1 amide bonds. The van der Waals surface area contributed by atoms with Crippen LogP contribution in [0.25, 0.3) is 11.4 Å². The summed E-state index contributed by atoms with van der Waals surface area (Å²) in [5, 5.41) is 3.87. The molecule has 0 saturated carbocycles. The predicted molar refractivity (Wildman–Crippen MR) is 121 cm³/mol. The number of ether oxygens (including phenoxy) is 1. The van der Waals surface area contributed by atoms with Gasteiger partial charge in [-0.3, -0.25) is 4.79 Å². The summed E-state index contributed by atoms with van der Waals surface area (Å²) in [6.07, 6.45) is 0. The fourth-order valence-electron chi connectivity index (χ4n) is 3.55. The van der Waals surface area contributed by atoms with E-state index in [1.807, 2.05) is 19.9 Å². The van der Waals surface area contributed by atoms with Crippen LogP contribution in [0.2, 0.25) is 0 Å². The van der Waals surface area contributed by atoms with Gasteiger partial charge in [-0.1, -0.05) is 11.2 Å². The van der Waals surface area contributed by atoms with Gasteiger partial charge in [0.05, 0.1) is 4.90 Å². The number of nitrogens with zero attached hydrogens (tertiary/aromatic N) is 4. The number of amides is 1. The van der Waals surface area contributed by atoms with E-state index in [2.05, 4.69) is 10.1 Å². The lowest BCUT2D eigenvalue weighted by Crippen LogP contribution is -2.51. The third-order valence-corrected chi connectivity index (χ3v) is 7.60. The zero-order chi connectivity index (χ0) is 23.6. The van der Waals surface area contributed by atoms with Gasteiger partial charge in [-0.25, -0.2) is 8.42 Å². The molecular weight excluding hydrogens is 444 g/mol. The molecule has 174 valence electrons. The number of carbonyl (C=O) groups is 1. The van der Waals surface area contributed by atoms with Gasteiger partial charge in [-0.2, -0.15) is 9.29 Å². The summed E-state index contributed by atoms with van der Waals surface area (Å²) in [5.74, 6) is 1.33. The summed E-state index contributed by atoms with van der Waals surface area (Å²) < 4.78 is 37.9. The van der Waals surface area contributed by atoms with E-state index in [4.69, 9.17) is 9.26 Å². The number of hydrogen-bond donors (Lipinski definition) is 0. The first-order valence-corrected chi connectivity index (χ1v) is 12.1. The van der Waals surface area contributed by atoms with Crippen LogP contribution in [0.5, 0.6) is 5.75 Å². The Morgan fingerprint density at radius 2 is 1.70 bits per heavy atom. The summed E-state index contributed by atoms with van der Waals surface area (Å²) in [4.78, 5) is 18.7. The topological polar surface area (TPSA) is 106 Å². The standard InChI is InChI=1S/C23H26N4O5S/c1-16-4-9-21(14-17(16)2)33(29,30)27-12-10-26(11-13-27)22(28)15-31-20-7-5-19(6-8-20)23-24-18(3)32-25-23/h4-9,14H,10-13,15H2,1-3H3. The number of aryl methyl sites for hydroxylation is 3. The molecule has 0 aliphatic carbocycles. The molecule has 9 nitrogen and oxygen atoms in total. The number of rotatable bonds is 6. The van der Waals surface area contributed by atoms with E-state index in [9.17, 15) is 13.2 Å². The fourth-order valence-corrected chi connectivity index (χ4v) is 5.06. The monoisotopic (exact) mass is 470 g/mol. The summed E-state index contributed by atoms with van der Waals surface area (Å²) in [7, 11) is -3.58. The average molecular weight is 471 g/mol. The molecule has 1 saturated heterocycles. The summed E-state index contributed by atoms with van der Waals surface area (Å²) in [5.41, 5.74) is 2.76. The quantitative estimate of drug-likeness (QED) is 0.545. The van der Waals surface area contributed by atoms with E-state index >= 15 is 0 Å². The van der Waals surface area contributed by atoms with Crippen molar-refractivity contribution >= 4 is 15.9 Å². The Bertz CT molecular complexity index is 1250. The molecule has 33 heavy (non-hydrogen) atoms. The Kier molecular flexibility index (Phi) is 6.48. The number of benzene rings is 2. The highest BCUT2D eigenvalue weighted by molar-refractivity contribution is 7.89. The van der Waals surface area contributed by atoms with E-state index in [1.54, 1.807) is 48.2 Å². The molecule has 1 aliphatic rings. The van der Waals surface area contributed by atoms with Crippen LogP contribution in [0.4, 0.5) is 0 Å². The molecule has 2 aromatic carbocycles. The zero-order valence-corrected chi connectivity index (χ0v) is 19.6. The Labute approximate surface area is 193 Å². The van der Waals surface area contributed by atoms with Gasteiger partial charge in [-0.15, -0.1) is 0 Å². The molecule has 0 bridgehead atoms. The Morgan fingerprint density at radius 1 is 1.00 bits per heavy atom. The van der Waals surface area contributed by atoms with Crippen molar-refractivity contribution in [3.63, 3.8) is 0 Å². The molecule has 1 aromatic heterocycles. The largest absolute Gasteiger partial charge is 0.484 e. The van der Waals surface area contributed by atoms with Gasteiger partial charge >= 0.3 is 0 Å². The molecule has 0 spiro atoms. The molecule has 10 heteroatoms. The maximum Gasteiger partial charge on any atom is 0.260 e. The van der Waals surface area contributed by atoms with E-state index in [0.717, 1.165) is 16.7 Å². The number of piperazine rings is 1. The van der Waals surface area contributed by atoms with Gasteiger partial charge in [-0.05, 0) is 61.4 Å². The number of sulfonamides is 1. The van der Waals surface area contributed by atoms with Crippen molar-refractivity contribution in [2.24, 2.45) is 0 Å². The number of carbonyl (C=O) groups excluding carboxylic acids is 1. The van der Waals surface area contributed by atoms with Crippen LogP contribution in [0.15, 0.2) is 51.9 Å². The van der Waals surface area contributed by atoms with E-state index < -0.39 is 10.0 Å². The van der Waals surface area contributed by atoms with Crippen LogP contribution in [0.3, 0.4) is 0 Å². The highest BCUT2D eigenvalue weighted by Gasteiger charge is 2.30. The van der Waals surface area contributed by atoms with Crippen molar-refractivity contribution in [2.75, 3.05) is 32.8 Å². The smallest absolute Gasteiger partial charge is 0.260 e. The Balaban J connectivity index is 1.30. The summed E-state index contributed by atoms with van der Waals surface area (Å²) in [6, 6.07) is 12.2. The van der Waals surface area contributed by atoms with Crippen LogP contribution in [-0.4, -0.2) is 66.5 Å². The first-order chi connectivity index (χ1) is 15.7. The highest BCUT2D eigenvalue weighted by atomic mass is 32.2. The van der Waals surface area contributed by atoms with Crippen molar-refractivity contribution in [1.29, 1.82) is 0 Å². The minimum atomic E-state index is -3.58. The third kappa shape index (κ3) is 5.07. The molecule has 3 aromatic rings. The van der Waals surface area contributed by atoms with Gasteiger partial charge in [0, 0.05) is 38.7 Å². The molecule has 0 atom stereocenters. The van der Waals surface area contributed by atoms with Crippen molar-refractivity contribution < 1.29 is 22.5 Å². The van der Waals surface area contributed by atoms with Crippen LogP contribution in [-0.2, 0) is 14.8 Å². The normalized spacial score (nSPS) is 14.9. The maximum atomic E-state index is 13.0. The molecular formula is C23H26N4O5S. The first-order valence-electron chi connectivity index (χ1n) is 10.6. The predicted octanol–water partition coefficient (Wildman–Crippen LogP) is 2.57. The van der Waals surface area contributed by atoms with Crippen LogP contribution in [0, 0.1) is 20.8 Å². The van der Waals surface area contributed by atoms with Gasteiger partial charge in [0.2, 0.25) is 21.7 Å². The van der Waals surface area contributed by atoms with E-state index in [0.29, 0.717) is 30.6 Å². The van der Waals surface area contributed by atoms with Crippen molar-refractivity contribution in [1.82, 2.24) is 19.3 Å². The average Bonchev–Trinajstić information content (AvgIpc) is 3.26. The lowest BCUT2D eigenvalue weighted by Gasteiger charge is -2.34. The SMILES string of the molecule is Cc1nc(-c2ccc(OCC(=O)N3CCN(S(=O)(=O)c4ccc(C)c(C)c4)CC3)cc2)no1. The lowest BCUT2D eigenvalue weighted by molar-refractivity contribution is -0.134. The molecule has 0 N–H and O–H groups in total. The molecule has 2 heterocycles. The van der Waals surface area contributed by atoms with Gasteiger partial charge in [0.15, 0.2) is 6.61 Å². The second-order valence-corrected chi connectivity index (χ2v) is 9.92. The Morgan fingerprint density at radius 3 is 2.30 bits per heavy atom. The molecule has 0 radical (unpaired) electrons. The minimum absolute atomic E-state index is 0.120. The third-order valence-electron chi connectivity index (χ3n) is 5.71. The number of hydrogen-bond acceptors (Lipinski definition) is 7. The van der Waals surface area contributed by atoms with E-state index in [1.165, 1.54) is 4.31 Å². The molecule has 0 unspecified atom stereocenters. The molecule has 1 aliphatic heterocycles. The first kappa shape index (κ1) is 22.9. The molecule has 1 fully saturated rings. The number of aromatic nitrogens is 2. The van der Waals surface area contributed by atoms with Crippen LogP contribution in [0.1, 0.15) is 17.0 Å². The second-order valence-electron chi connectivity index (χ2n) is 7.98. The van der Waals surface area contributed by atoms with Crippen molar-refractivity contribution in [3.8, 4) is 17.1 Å². The second kappa shape index (κ2) is 9.32. The minimum Gasteiger partial charge on any atom is -0.484 e. The van der Waals surface area contributed by atoms with Gasteiger partial charge in [0.1, 0.15) is 5.75 Å².